The first-order valence-electron chi connectivity index (χ1n) is 7.74. The first kappa shape index (κ1) is 21.6. The molecule has 0 amide bonds. The van der Waals surface area contributed by atoms with Crippen LogP contribution >= 0.6 is 12.4 Å². The number of anilines is 1. The quantitative estimate of drug-likeness (QED) is 0.389. The topological polar surface area (TPSA) is 78.8 Å². The summed E-state index contributed by atoms with van der Waals surface area (Å²) in [5.41, 5.74) is 2.45. The summed E-state index contributed by atoms with van der Waals surface area (Å²) < 4.78 is 30.9. The van der Waals surface area contributed by atoms with Crippen molar-refractivity contribution in [3.05, 3.63) is 84.6 Å². The van der Waals surface area contributed by atoms with Gasteiger partial charge >= 0.3 is 0 Å². The van der Waals surface area contributed by atoms with E-state index in [-0.39, 0.29) is 24.6 Å². The van der Waals surface area contributed by atoms with E-state index in [4.69, 9.17) is 4.55 Å². The zero-order valence-corrected chi connectivity index (χ0v) is 15.7. The van der Waals surface area contributed by atoms with Crippen molar-refractivity contribution >= 4 is 40.1 Å². The molecule has 0 atom stereocenters. The number of nitrogens with one attached hydrogen (secondary N) is 1. The zero-order chi connectivity index (χ0) is 18.0. The fraction of sp³-hybridized carbons (Fsp3) is 0.105. The van der Waals surface area contributed by atoms with Gasteiger partial charge in [0, 0.05) is 18.1 Å². The van der Waals surface area contributed by atoms with Crippen molar-refractivity contribution in [3.8, 4) is 0 Å². The van der Waals surface area contributed by atoms with Gasteiger partial charge in [-0.05, 0) is 48.4 Å². The molecule has 0 aliphatic heterocycles. The van der Waals surface area contributed by atoms with Gasteiger partial charge in [0.25, 0.3) is 10.1 Å². The van der Waals surface area contributed by atoms with Gasteiger partial charge in [0.15, 0.2) is 0 Å². The van der Waals surface area contributed by atoms with Crippen LogP contribution in [0.3, 0.4) is 0 Å². The van der Waals surface area contributed by atoms with Gasteiger partial charge in [0.1, 0.15) is 0 Å². The molecular weight excluding hydrogens is 372 g/mol. The van der Waals surface area contributed by atoms with E-state index in [1.807, 2.05) is 60.7 Å². The molecule has 2 aromatic rings. The summed E-state index contributed by atoms with van der Waals surface area (Å²) in [4.78, 5) is 4.29. The van der Waals surface area contributed by atoms with Crippen molar-refractivity contribution in [2.45, 2.75) is 6.42 Å². The largest absolute Gasteiger partial charge is 0.362 e. The van der Waals surface area contributed by atoms with Crippen LogP contribution in [-0.4, -0.2) is 24.9 Å². The number of nitrogens with zero attached hydrogens (tertiary/aromatic N) is 1. The van der Waals surface area contributed by atoms with Crippen molar-refractivity contribution < 1.29 is 13.0 Å². The van der Waals surface area contributed by atoms with Crippen molar-refractivity contribution in [2.24, 2.45) is 4.99 Å². The van der Waals surface area contributed by atoms with Gasteiger partial charge in [-0.15, -0.1) is 12.4 Å². The summed E-state index contributed by atoms with van der Waals surface area (Å²) in [5, 5.41) is 3.10. The highest BCUT2D eigenvalue weighted by atomic mass is 35.5. The van der Waals surface area contributed by atoms with Crippen LogP contribution in [0.5, 0.6) is 0 Å². The van der Waals surface area contributed by atoms with Gasteiger partial charge in [0.05, 0.1) is 11.4 Å². The Hall–Kier alpha value is -2.41. The lowest BCUT2D eigenvalue weighted by Crippen LogP contribution is -2.04. The van der Waals surface area contributed by atoms with Crippen molar-refractivity contribution in [2.75, 3.05) is 11.1 Å². The highest BCUT2D eigenvalue weighted by Gasteiger charge is 2.05. The third kappa shape index (κ3) is 9.17. The number of para-hydroxylation sites is 2. The first-order valence-corrected chi connectivity index (χ1v) is 9.35. The van der Waals surface area contributed by atoms with Crippen LogP contribution in [0.4, 0.5) is 11.4 Å². The van der Waals surface area contributed by atoms with Crippen LogP contribution in [0.2, 0.25) is 0 Å². The average Bonchev–Trinajstić information content (AvgIpc) is 2.60. The lowest BCUT2D eigenvalue weighted by molar-refractivity contribution is 0.483. The van der Waals surface area contributed by atoms with Crippen LogP contribution in [0.25, 0.3) is 0 Å². The maximum Gasteiger partial charge on any atom is 0.265 e. The molecule has 7 heteroatoms. The van der Waals surface area contributed by atoms with Gasteiger partial charge in [-0.3, -0.25) is 9.55 Å². The minimum atomic E-state index is -4.01. The number of hydrogen-bond acceptors (Lipinski definition) is 4. The molecule has 26 heavy (non-hydrogen) atoms. The Morgan fingerprint density at radius 3 is 2.27 bits per heavy atom. The molecule has 0 unspecified atom stereocenters. The lowest BCUT2D eigenvalue weighted by Gasteiger charge is -2.02. The molecule has 2 aromatic carbocycles. The monoisotopic (exact) mass is 392 g/mol. The molecule has 0 saturated heterocycles. The Morgan fingerprint density at radius 1 is 1.04 bits per heavy atom. The molecule has 138 valence electrons. The predicted octanol–water partition coefficient (Wildman–Crippen LogP) is 4.64. The third-order valence-electron chi connectivity index (χ3n) is 3.24. The number of aliphatic imine (C=N–C) groups is 1. The summed E-state index contributed by atoms with van der Waals surface area (Å²) in [5.74, 6) is -0.340. The number of hydrogen-bond donors (Lipinski definition) is 2. The molecule has 2 rings (SSSR count). The van der Waals surface area contributed by atoms with Crippen molar-refractivity contribution in [1.29, 1.82) is 0 Å². The summed E-state index contributed by atoms with van der Waals surface area (Å²) >= 11 is 0. The van der Waals surface area contributed by atoms with Gasteiger partial charge in [0.2, 0.25) is 0 Å². The van der Waals surface area contributed by atoms with Crippen LogP contribution in [0.15, 0.2) is 89.6 Å². The molecule has 0 aliphatic carbocycles. The van der Waals surface area contributed by atoms with Crippen LogP contribution < -0.4 is 5.32 Å². The van der Waals surface area contributed by atoms with Crippen LogP contribution in [0, 0.1) is 0 Å². The van der Waals surface area contributed by atoms with E-state index >= 15 is 0 Å². The van der Waals surface area contributed by atoms with Gasteiger partial charge in [-0.1, -0.05) is 36.4 Å². The van der Waals surface area contributed by atoms with Crippen molar-refractivity contribution in [3.63, 3.8) is 0 Å². The minimum Gasteiger partial charge on any atom is -0.362 e. The molecular formula is C19H21ClN2O3S. The lowest BCUT2D eigenvalue weighted by atomic mass is 10.2. The highest BCUT2D eigenvalue weighted by molar-refractivity contribution is 7.85. The SMILES string of the molecule is Cl.O=S(=O)(O)CCC(=CC=Nc1ccccc1)/C=C/Nc1ccccc1. The molecule has 0 heterocycles. The van der Waals surface area contributed by atoms with E-state index in [1.165, 1.54) is 0 Å². The minimum absolute atomic E-state index is 0. The second-order valence-corrected chi connectivity index (χ2v) is 6.81. The number of benzene rings is 2. The fourth-order valence-corrected chi connectivity index (χ4v) is 2.48. The summed E-state index contributed by atoms with van der Waals surface area (Å²) in [6.07, 6.45) is 7.01. The standard InChI is InChI=1S/C19H20N2O3S.ClH/c22-25(23,24)16-13-17(11-14-20-18-7-3-1-4-8-18)12-15-21-19-9-5-2-6-10-19;/h1-12,14-15,20H,13,16H2,(H,22,23,24);1H/b14-11+,17-12?,21-15?;. The van der Waals surface area contributed by atoms with Crippen LogP contribution in [-0.2, 0) is 10.1 Å². The molecule has 0 fully saturated rings. The summed E-state index contributed by atoms with van der Waals surface area (Å²) in [6.45, 7) is 0. The van der Waals surface area contributed by atoms with E-state index in [1.54, 1.807) is 24.6 Å². The molecule has 5 nitrogen and oxygen atoms in total. The normalized spacial score (nSPS) is 12.3. The third-order valence-corrected chi connectivity index (χ3v) is 3.96. The maximum atomic E-state index is 11.0. The molecule has 0 bridgehead atoms. The zero-order valence-electron chi connectivity index (χ0n) is 14.0. The Bertz CT molecular complexity index is 849. The predicted molar refractivity (Wildman–Crippen MR) is 110 cm³/mol. The Labute approximate surface area is 160 Å². The molecule has 0 radical (unpaired) electrons. The van der Waals surface area contributed by atoms with E-state index in [9.17, 15) is 8.42 Å². The first-order chi connectivity index (χ1) is 12.0. The molecule has 0 spiro atoms. The second kappa shape index (κ2) is 11.3. The van der Waals surface area contributed by atoms with Crippen LogP contribution in [0.1, 0.15) is 6.42 Å². The number of rotatable bonds is 8. The molecule has 2 N–H and O–H groups in total. The van der Waals surface area contributed by atoms with E-state index in [0.717, 1.165) is 16.9 Å². The van der Waals surface area contributed by atoms with Crippen molar-refractivity contribution in [1.82, 2.24) is 0 Å². The second-order valence-electron chi connectivity index (χ2n) is 5.24. The van der Waals surface area contributed by atoms with Gasteiger partial charge in [-0.2, -0.15) is 8.42 Å². The maximum absolute atomic E-state index is 11.0. The summed E-state index contributed by atoms with van der Waals surface area (Å²) in [6, 6.07) is 19.0. The highest BCUT2D eigenvalue weighted by Crippen LogP contribution is 2.11. The average molecular weight is 393 g/mol. The Balaban J connectivity index is 0.00000338. The van der Waals surface area contributed by atoms with E-state index in [2.05, 4.69) is 10.3 Å². The fourth-order valence-electron chi connectivity index (χ4n) is 1.98. The Kier molecular flexibility index (Phi) is 9.36. The van der Waals surface area contributed by atoms with Gasteiger partial charge in [-0.25, -0.2) is 0 Å². The van der Waals surface area contributed by atoms with E-state index < -0.39 is 10.1 Å². The smallest absolute Gasteiger partial charge is 0.265 e. The number of allylic oxidation sites excluding steroid dienone is 3. The molecule has 0 saturated carbocycles. The van der Waals surface area contributed by atoms with E-state index in [0.29, 0.717) is 0 Å². The Morgan fingerprint density at radius 2 is 1.65 bits per heavy atom. The van der Waals surface area contributed by atoms with Gasteiger partial charge < -0.3 is 5.32 Å². The molecule has 0 aliphatic rings. The summed E-state index contributed by atoms with van der Waals surface area (Å²) in [7, 11) is -4.01. The number of halogens is 1. The molecule has 0 aromatic heterocycles.